The molecule has 2 aromatic rings. The standard InChI is InChI=1S/C22H25N3O6S/c1-24(2)21(27)16-5-9-18(10-6-16)23-20(26)15-31-22(28)17-7-11-19(12-8-17)32(29,30)25-13-3-4-14-25/h5-12H,3-4,13-15H2,1-2H3,(H,23,26). The zero-order valence-corrected chi connectivity index (χ0v) is 18.7. The van der Waals surface area contributed by atoms with E-state index in [9.17, 15) is 22.8 Å². The maximum atomic E-state index is 12.5. The van der Waals surface area contributed by atoms with Gasteiger partial charge in [0.25, 0.3) is 11.8 Å². The highest BCUT2D eigenvalue weighted by Crippen LogP contribution is 2.21. The molecule has 1 N–H and O–H groups in total. The minimum absolute atomic E-state index is 0.116. The molecular weight excluding hydrogens is 434 g/mol. The first-order valence-electron chi connectivity index (χ1n) is 10.1. The predicted molar refractivity (Wildman–Crippen MR) is 118 cm³/mol. The number of carbonyl (C=O) groups is 3. The van der Waals surface area contributed by atoms with Crippen molar-refractivity contribution < 1.29 is 27.5 Å². The summed E-state index contributed by atoms with van der Waals surface area (Å²) < 4.78 is 31.5. The molecule has 2 aromatic carbocycles. The van der Waals surface area contributed by atoms with Crippen LogP contribution in [0.5, 0.6) is 0 Å². The van der Waals surface area contributed by atoms with Crippen molar-refractivity contribution in [2.24, 2.45) is 0 Å². The summed E-state index contributed by atoms with van der Waals surface area (Å²) in [4.78, 5) is 37.7. The van der Waals surface area contributed by atoms with Gasteiger partial charge in [0, 0.05) is 38.4 Å². The van der Waals surface area contributed by atoms with Crippen molar-refractivity contribution in [2.75, 3.05) is 39.1 Å². The Balaban J connectivity index is 1.53. The van der Waals surface area contributed by atoms with Gasteiger partial charge in [-0.2, -0.15) is 4.31 Å². The number of rotatable bonds is 7. The van der Waals surface area contributed by atoms with E-state index in [2.05, 4.69) is 5.32 Å². The summed E-state index contributed by atoms with van der Waals surface area (Å²) in [7, 11) is -0.271. The molecule has 0 unspecified atom stereocenters. The van der Waals surface area contributed by atoms with Crippen molar-refractivity contribution >= 4 is 33.5 Å². The SMILES string of the molecule is CN(C)C(=O)c1ccc(NC(=O)COC(=O)c2ccc(S(=O)(=O)N3CCCC3)cc2)cc1. The molecule has 2 amide bonds. The number of nitrogens with one attached hydrogen (secondary N) is 1. The molecule has 0 aliphatic carbocycles. The van der Waals surface area contributed by atoms with E-state index >= 15 is 0 Å². The molecule has 0 aromatic heterocycles. The maximum Gasteiger partial charge on any atom is 0.338 e. The van der Waals surface area contributed by atoms with Gasteiger partial charge in [-0.15, -0.1) is 0 Å². The molecule has 1 heterocycles. The van der Waals surface area contributed by atoms with E-state index in [0.29, 0.717) is 24.3 Å². The van der Waals surface area contributed by atoms with Crippen LogP contribution in [-0.2, 0) is 19.6 Å². The lowest BCUT2D eigenvalue weighted by Crippen LogP contribution is -2.27. The summed E-state index contributed by atoms with van der Waals surface area (Å²) in [6.07, 6.45) is 1.67. The molecule has 1 fully saturated rings. The highest BCUT2D eigenvalue weighted by Gasteiger charge is 2.27. The Morgan fingerprint density at radius 1 is 0.938 bits per heavy atom. The third kappa shape index (κ3) is 5.51. The number of ether oxygens (including phenoxy) is 1. The van der Waals surface area contributed by atoms with Crippen molar-refractivity contribution in [3.05, 3.63) is 59.7 Å². The van der Waals surface area contributed by atoms with Crippen LogP contribution in [0.15, 0.2) is 53.4 Å². The zero-order valence-electron chi connectivity index (χ0n) is 17.9. The zero-order chi connectivity index (χ0) is 23.3. The highest BCUT2D eigenvalue weighted by molar-refractivity contribution is 7.89. The van der Waals surface area contributed by atoms with Crippen LogP contribution >= 0.6 is 0 Å². The first-order valence-corrected chi connectivity index (χ1v) is 11.5. The van der Waals surface area contributed by atoms with E-state index in [1.165, 1.54) is 33.5 Å². The molecule has 0 atom stereocenters. The molecule has 10 heteroatoms. The van der Waals surface area contributed by atoms with Crippen molar-refractivity contribution in [3.8, 4) is 0 Å². The Bertz CT molecular complexity index is 1090. The Labute approximate surface area is 187 Å². The minimum Gasteiger partial charge on any atom is -0.452 e. The number of amides is 2. The third-order valence-corrected chi connectivity index (χ3v) is 6.86. The second-order valence-electron chi connectivity index (χ2n) is 7.54. The van der Waals surface area contributed by atoms with Crippen molar-refractivity contribution in [2.45, 2.75) is 17.7 Å². The number of carbonyl (C=O) groups excluding carboxylic acids is 3. The summed E-state index contributed by atoms with van der Waals surface area (Å²) in [5.41, 5.74) is 1.08. The summed E-state index contributed by atoms with van der Waals surface area (Å²) in [6.45, 7) is 0.483. The smallest absolute Gasteiger partial charge is 0.338 e. The normalized spacial score (nSPS) is 14.1. The van der Waals surface area contributed by atoms with Crippen LogP contribution in [0.3, 0.4) is 0 Å². The van der Waals surface area contributed by atoms with Gasteiger partial charge in [0.2, 0.25) is 10.0 Å². The van der Waals surface area contributed by atoms with Crippen LogP contribution in [0, 0.1) is 0 Å². The van der Waals surface area contributed by atoms with E-state index < -0.39 is 28.5 Å². The predicted octanol–water partition coefficient (Wildman–Crippen LogP) is 1.97. The molecule has 0 spiro atoms. The maximum absolute atomic E-state index is 12.5. The number of hydrogen-bond acceptors (Lipinski definition) is 6. The van der Waals surface area contributed by atoms with Gasteiger partial charge in [-0.25, -0.2) is 13.2 Å². The first-order chi connectivity index (χ1) is 15.2. The van der Waals surface area contributed by atoms with Crippen LogP contribution in [0.2, 0.25) is 0 Å². The van der Waals surface area contributed by atoms with Gasteiger partial charge >= 0.3 is 5.97 Å². The Morgan fingerprint density at radius 3 is 2.06 bits per heavy atom. The van der Waals surface area contributed by atoms with Crippen molar-refractivity contribution in [1.82, 2.24) is 9.21 Å². The third-order valence-electron chi connectivity index (χ3n) is 4.95. The summed E-state index contributed by atoms with van der Waals surface area (Å²) >= 11 is 0. The fourth-order valence-electron chi connectivity index (χ4n) is 3.21. The lowest BCUT2D eigenvalue weighted by atomic mass is 10.2. The largest absolute Gasteiger partial charge is 0.452 e. The average Bonchev–Trinajstić information content (AvgIpc) is 3.33. The molecule has 32 heavy (non-hydrogen) atoms. The number of anilines is 1. The minimum atomic E-state index is -3.56. The van der Waals surface area contributed by atoms with E-state index in [1.54, 1.807) is 38.4 Å². The van der Waals surface area contributed by atoms with Crippen LogP contribution in [0.4, 0.5) is 5.69 Å². The topological polar surface area (TPSA) is 113 Å². The number of nitrogens with zero attached hydrogens (tertiary/aromatic N) is 2. The van der Waals surface area contributed by atoms with Gasteiger partial charge in [-0.1, -0.05) is 0 Å². The van der Waals surface area contributed by atoms with Gasteiger partial charge in [0.05, 0.1) is 10.5 Å². The van der Waals surface area contributed by atoms with Crippen molar-refractivity contribution in [1.29, 1.82) is 0 Å². The molecule has 1 saturated heterocycles. The van der Waals surface area contributed by atoms with E-state index in [1.807, 2.05) is 0 Å². The van der Waals surface area contributed by atoms with Crippen LogP contribution in [-0.4, -0.2) is 69.2 Å². The molecule has 0 bridgehead atoms. The van der Waals surface area contributed by atoms with Crippen LogP contribution in [0.1, 0.15) is 33.6 Å². The second kappa shape index (κ2) is 9.92. The molecule has 1 aliphatic rings. The number of hydrogen-bond donors (Lipinski definition) is 1. The first kappa shape index (κ1) is 23.4. The molecule has 170 valence electrons. The van der Waals surface area contributed by atoms with E-state index in [-0.39, 0.29) is 16.4 Å². The number of esters is 1. The summed E-state index contributed by atoms with van der Waals surface area (Å²) in [6, 6.07) is 11.8. The van der Waals surface area contributed by atoms with Gasteiger partial charge in [-0.3, -0.25) is 9.59 Å². The van der Waals surface area contributed by atoms with Crippen molar-refractivity contribution in [3.63, 3.8) is 0 Å². The lowest BCUT2D eigenvalue weighted by Gasteiger charge is -2.15. The quantitative estimate of drug-likeness (QED) is 0.634. The molecule has 0 radical (unpaired) electrons. The van der Waals surface area contributed by atoms with Gasteiger partial charge in [-0.05, 0) is 61.4 Å². The van der Waals surface area contributed by atoms with Gasteiger partial charge in [0.15, 0.2) is 6.61 Å². The molecule has 1 aliphatic heterocycles. The number of benzene rings is 2. The average molecular weight is 460 g/mol. The Hall–Kier alpha value is -3.24. The molecular formula is C22H25N3O6S. The molecule has 3 rings (SSSR count). The fourth-order valence-corrected chi connectivity index (χ4v) is 4.72. The fraction of sp³-hybridized carbons (Fsp3) is 0.318. The van der Waals surface area contributed by atoms with E-state index in [4.69, 9.17) is 4.74 Å². The lowest BCUT2D eigenvalue weighted by molar-refractivity contribution is -0.119. The monoisotopic (exact) mass is 459 g/mol. The summed E-state index contributed by atoms with van der Waals surface area (Å²) in [5, 5.41) is 2.58. The van der Waals surface area contributed by atoms with Crippen LogP contribution in [0.25, 0.3) is 0 Å². The Kier molecular flexibility index (Phi) is 7.26. The van der Waals surface area contributed by atoms with E-state index in [0.717, 1.165) is 12.8 Å². The molecule has 0 saturated carbocycles. The molecule has 9 nitrogen and oxygen atoms in total. The Morgan fingerprint density at radius 2 is 1.50 bits per heavy atom. The highest BCUT2D eigenvalue weighted by atomic mass is 32.2. The summed E-state index contributed by atoms with van der Waals surface area (Å²) in [5.74, 6) is -1.44. The van der Waals surface area contributed by atoms with Gasteiger partial charge < -0.3 is 15.0 Å². The number of sulfonamides is 1. The second-order valence-corrected chi connectivity index (χ2v) is 9.47. The van der Waals surface area contributed by atoms with Crippen LogP contribution < -0.4 is 5.32 Å². The van der Waals surface area contributed by atoms with Gasteiger partial charge in [0.1, 0.15) is 0 Å².